The number of hydrogen-bond donors (Lipinski definition) is 0. The highest BCUT2D eigenvalue weighted by Gasteiger charge is 2.12. The molecule has 0 spiro atoms. The summed E-state index contributed by atoms with van der Waals surface area (Å²) in [5.74, 6) is 2.68. The van der Waals surface area contributed by atoms with Gasteiger partial charge in [0.2, 0.25) is 0 Å². The summed E-state index contributed by atoms with van der Waals surface area (Å²) in [6.45, 7) is 0.927. The average Bonchev–Trinajstić information content (AvgIpc) is 3.09. The van der Waals surface area contributed by atoms with E-state index in [0.717, 1.165) is 33.9 Å². The summed E-state index contributed by atoms with van der Waals surface area (Å²) in [6, 6.07) is 9.92. The number of tetrazole rings is 1. The summed E-state index contributed by atoms with van der Waals surface area (Å²) in [7, 11) is 0. The zero-order valence-corrected chi connectivity index (χ0v) is 11.2. The summed E-state index contributed by atoms with van der Waals surface area (Å²) in [5.41, 5.74) is 0.985. The first-order valence-corrected chi connectivity index (χ1v) is 7.53. The van der Waals surface area contributed by atoms with Crippen molar-refractivity contribution in [2.45, 2.75) is 5.75 Å². The van der Waals surface area contributed by atoms with Crippen LogP contribution in [0.1, 0.15) is 5.82 Å². The Kier molecular flexibility index (Phi) is 3.61. The maximum atomic E-state index is 4.40. The normalized spacial score (nSPS) is 14.8. The zero-order valence-electron chi connectivity index (χ0n) is 9.56. The van der Waals surface area contributed by atoms with Gasteiger partial charge in [0, 0.05) is 5.75 Å². The molecule has 0 radical (unpaired) electrons. The van der Waals surface area contributed by atoms with Gasteiger partial charge in [-0.25, -0.2) is 0 Å². The van der Waals surface area contributed by atoms with Crippen LogP contribution in [-0.4, -0.2) is 36.9 Å². The van der Waals surface area contributed by atoms with Gasteiger partial charge in [0.05, 0.1) is 18.0 Å². The summed E-state index contributed by atoms with van der Waals surface area (Å²) in [4.78, 5) is 4.40. The number of hydrogen-bond acceptors (Lipinski definition) is 6. The standard InChI is InChI=1S/C11H11N5S2/c1-2-4-9(5-3-1)16-10(13-14-15-16)8-18-11-12-6-7-17-11/h1-5H,6-8H2. The minimum Gasteiger partial charge on any atom is -0.271 e. The predicted octanol–water partition coefficient (Wildman–Crippen LogP) is 2.00. The van der Waals surface area contributed by atoms with Gasteiger partial charge in [-0.1, -0.05) is 41.7 Å². The maximum Gasteiger partial charge on any atom is 0.166 e. The number of thioether (sulfide) groups is 2. The Morgan fingerprint density at radius 1 is 1.28 bits per heavy atom. The van der Waals surface area contributed by atoms with E-state index in [-0.39, 0.29) is 0 Å². The Labute approximate surface area is 113 Å². The number of para-hydroxylation sites is 1. The van der Waals surface area contributed by atoms with Gasteiger partial charge >= 0.3 is 0 Å². The highest BCUT2D eigenvalue weighted by Crippen LogP contribution is 2.24. The van der Waals surface area contributed by atoms with Crippen molar-refractivity contribution >= 4 is 27.9 Å². The van der Waals surface area contributed by atoms with E-state index >= 15 is 0 Å². The smallest absolute Gasteiger partial charge is 0.166 e. The van der Waals surface area contributed by atoms with Crippen molar-refractivity contribution in [2.75, 3.05) is 12.3 Å². The third kappa shape index (κ3) is 2.56. The first-order chi connectivity index (χ1) is 8.93. The molecule has 0 amide bonds. The number of rotatable bonds is 3. The molecular weight excluding hydrogens is 266 g/mol. The highest BCUT2D eigenvalue weighted by molar-refractivity contribution is 8.38. The predicted molar refractivity (Wildman–Crippen MR) is 75.2 cm³/mol. The van der Waals surface area contributed by atoms with Crippen LogP contribution >= 0.6 is 23.5 Å². The Balaban J connectivity index is 1.75. The maximum absolute atomic E-state index is 4.40. The molecule has 3 rings (SSSR count). The van der Waals surface area contributed by atoms with Gasteiger partial charge < -0.3 is 0 Å². The van der Waals surface area contributed by atoms with E-state index in [9.17, 15) is 0 Å². The van der Waals surface area contributed by atoms with Gasteiger partial charge in [-0.3, -0.25) is 4.99 Å². The lowest BCUT2D eigenvalue weighted by Crippen LogP contribution is -2.02. The first kappa shape index (κ1) is 11.7. The van der Waals surface area contributed by atoms with Crippen LogP contribution in [0.2, 0.25) is 0 Å². The molecule has 2 aromatic rings. The molecule has 1 aromatic carbocycles. The number of aliphatic imine (C=N–C) groups is 1. The molecule has 1 aliphatic heterocycles. The Hall–Kier alpha value is -1.34. The second-order valence-electron chi connectivity index (χ2n) is 3.63. The molecule has 0 aliphatic carbocycles. The van der Waals surface area contributed by atoms with Crippen molar-refractivity contribution in [3.63, 3.8) is 0 Å². The molecule has 1 aliphatic rings. The largest absolute Gasteiger partial charge is 0.271 e. The molecule has 1 aromatic heterocycles. The molecule has 18 heavy (non-hydrogen) atoms. The van der Waals surface area contributed by atoms with Gasteiger partial charge in [-0.05, 0) is 22.6 Å². The van der Waals surface area contributed by atoms with E-state index in [1.54, 1.807) is 28.2 Å². The van der Waals surface area contributed by atoms with Gasteiger partial charge in [0.1, 0.15) is 4.38 Å². The van der Waals surface area contributed by atoms with Crippen LogP contribution in [0.15, 0.2) is 35.3 Å². The summed E-state index contributed by atoms with van der Waals surface area (Å²) in [6.07, 6.45) is 0. The minimum atomic E-state index is 0.744. The lowest BCUT2D eigenvalue weighted by Gasteiger charge is -2.03. The Morgan fingerprint density at radius 3 is 2.94 bits per heavy atom. The fraction of sp³-hybridized carbons (Fsp3) is 0.273. The number of nitrogens with zero attached hydrogens (tertiary/aromatic N) is 5. The van der Waals surface area contributed by atoms with Crippen LogP contribution in [0.3, 0.4) is 0 Å². The van der Waals surface area contributed by atoms with Crippen molar-refractivity contribution in [3.05, 3.63) is 36.2 Å². The molecule has 0 N–H and O–H groups in total. The second kappa shape index (κ2) is 5.53. The fourth-order valence-electron chi connectivity index (χ4n) is 1.59. The third-order valence-electron chi connectivity index (χ3n) is 2.42. The Morgan fingerprint density at radius 2 is 2.17 bits per heavy atom. The van der Waals surface area contributed by atoms with Crippen LogP contribution in [0, 0.1) is 0 Å². The summed E-state index contributed by atoms with van der Waals surface area (Å²) < 4.78 is 2.91. The van der Waals surface area contributed by atoms with Gasteiger partial charge in [-0.15, -0.1) is 5.10 Å². The zero-order chi connectivity index (χ0) is 12.2. The highest BCUT2D eigenvalue weighted by atomic mass is 32.2. The lowest BCUT2D eigenvalue weighted by molar-refractivity contribution is 0.778. The third-order valence-corrected chi connectivity index (χ3v) is 4.67. The van der Waals surface area contributed by atoms with Crippen molar-refractivity contribution < 1.29 is 0 Å². The average molecular weight is 277 g/mol. The van der Waals surface area contributed by atoms with Crippen LogP contribution in [0.5, 0.6) is 0 Å². The van der Waals surface area contributed by atoms with Gasteiger partial charge in [-0.2, -0.15) is 4.68 Å². The van der Waals surface area contributed by atoms with E-state index in [4.69, 9.17) is 0 Å². The summed E-state index contributed by atoms with van der Waals surface area (Å²) >= 11 is 3.50. The van der Waals surface area contributed by atoms with Crippen LogP contribution < -0.4 is 0 Å². The topological polar surface area (TPSA) is 56.0 Å². The van der Waals surface area contributed by atoms with Crippen molar-refractivity contribution in [3.8, 4) is 5.69 Å². The molecule has 0 atom stereocenters. The molecule has 0 saturated carbocycles. The molecule has 92 valence electrons. The van der Waals surface area contributed by atoms with Crippen LogP contribution in [0.25, 0.3) is 5.69 Å². The van der Waals surface area contributed by atoms with E-state index in [0.29, 0.717) is 0 Å². The van der Waals surface area contributed by atoms with Crippen LogP contribution in [-0.2, 0) is 5.75 Å². The van der Waals surface area contributed by atoms with Crippen molar-refractivity contribution in [2.24, 2.45) is 4.99 Å². The van der Waals surface area contributed by atoms with Crippen molar-refractivity contribution in [1.82, 2.24) is 20.2 Å². The number of benzene rings is 1. The van der Waals surface area contributed by atoms with E-state index < -0.39 is 0 Å². The molecule has 7 heteroatoms. The molecule has 0 saturated heterocycles. The van der Waals surface area contributed by atoms with E-state index in [2.05, 4.69) is 20.5 Å². The van der Waals surface area contributed by atoms with Gasteiger partial charge in [0.15, 0.2) is 5.82 Å². The molecular formula is C11H11N5S2. The van der Waals surface area contributed by atoms with E-state index in [1.807, 2.05) is 30.3 Å². The molecule has 0 bridgehead atoms. The second-order valence-corrected chi connectivity index (χ2v) is 5.93. The monoisotopic (exact) mass is 277 g/mol. The summed E-state index contributed by atoms with van der Waals surface area (Å²) in [5, 5.41) is 11.8. The molecule has 0 fully saturated rings. The number of aromatic nitrogens is 4. The van der Waals surface area contributed by atoms with E-state index in [1.165, 1.54) is 0 Å². The van der Waals surface area contributed by atoms with Crippen molar-refractivity contribution in [1.29, 1.82) is 0 Å². The first-order valence-electron chi connectivity index (χ1n) is 5.56. The molecule has 2 heterocycles. The lowest BCUT2D eigenvalue weighted by atomic mass is 10.3. The Bertz CT molecular complexity index is 552. The fourth-order valence-corrected chi connectivity index (χ4v) is 3.51. The van der Waals surface area contributed by atoms with Crippen LogP contribution in [0.4, 0.5) is 0 Å². The quantitative estimate of drug-likeness (QED) is 0.859. The SMILES string of the molecule is c1ccc(-n2nnnc2CSC2=NCCS2)cc1. The molecule has 0 unspecified atom stereocenters. The minimum absolute atomic E-state index is 0.744. The van der Waals surface area contributed by atoms with Gasteiger partial charge in [0.25, 0.3) is 0 Å². The molecule has 5 nitrogen and oxygen atoms in total.